The molecule has 0 aromatic heterocycles. The van der Waals surface area contributed by atoms with Crippen molar-refractivity contribution in [3.8, 4) is 0 Å². The third kappa shape index (κ3) is 1.99. The van der Waals surface area contributed by atoms with E-state index in [1.54, 1.807) is 0 Å². The predicted octanol–water partition coefficient (Wildman–Crippen LogP) is -1.02. The molecule has 0 fully saturated rings. The van der Waals surface area contributed by atoms with Crippen molar-refractivity contribution in [1.82, 2.24) is 0 Å². The van der Waals surface area contributed by atoms with Crippen LogP contribution in [0.2, 0.25) is 0 Å². The van der Waals surface area contributed by atoms with E-state index < -0.39 is 17.8 Å². The average molecular weight is 143 g/mol. The fraction of sp³-hybridized carbons (Fsp3) is 0.333. The van der Waals surface area contributed by atoms with Crippen LogP contribution in [0.15, 0.2) is 12.2 Å². The molecular formula is C6H9NO3. The topological polar surface area (TPSA) is 80.4 Å². The second kappa shape index (κ2) is 3.12. The van der Waals surface area contributed by atoms with Crippen molar-refractivity contribution in [2.45, 2.75) is 13.0 Å². The normalized spacial score (nSPS) is 12.2. The number of carbonyl (C=O) groups excluding carboxylic acids is 2. The van der Waals surface area contributed by atoms with Gasteiger partial charge in [0.2, 0.25) is 0 Å². The van der Waals surface area contributed by atoms with Crippen LogP contribution in [0.1, 0.15) is 6.92 Å². The third-order valence-corrected chi connectivity index (χ3v) is 0.974. The van der Waals surface area contributed by atoms with Crippen LogP contribution in [-0.4, -0.2) is 22.9 Å². The number of Topliss-reactive ketones (excluding diaryl/α,β-unsaturated/α-hetero) is 1. The Labute approximate surface area is 58.3 Å². The van der Waals surface area contributed by atoms with Gasteiger partial charge >= 0.3 is 0 Å². The highest BCUT2D eigenvalue weighted by atomic mass is 16.3. The van der Waals surface area contributed by atoms with Crippen LogP contribution >= 0.6 is 0 Å². The van der Waals surface area contributed by atoms with Gasteiger partial charge in [0.15, 0.2) is 5.78 Å². The number of aliphatic hydroxyl groups excluding tert-OH is 1. The minimum Gasteiger partial charge on any atom is -0.385 e. The Morgan fingerprint density at radius 2 is 2.00 bits per heavy atom. The van der Waals surface area contributed by atoms with Gasteiger partial charge in [0.1, 0.15) is 6.10 Å². The summed E-state index contributed by atoms with van der Waals surface area (Å²) in [5.41, 5.74) is 4.34. The number of aliphatic hydroxyl groups is 1. The molecule has 10 heavy (non-hydrogen) atoms. The standard InChI is InChI=1S/C6H9NO3/c1-3(6(7)10)5(9)4(2)8/h4,8H,1H2,2H3,(H2,7,10). The number of hydrogen-bond donors (Lipinski definition) is 2. The first kappa shape index (κ1) is 8.84. The smallest absolute Gasteiger partial charge is 0.251 e. The van der Waals surface area contributed by atoms with E-state index in [4.69, 9.17) is 10.8 Å². The maximum Gasteiger partial charge on any atom is 0.251 e. The highest BCUT2D eigenvalue weighted by Gasteiger charge is 2.16. The van der Waals surface area contributed by atoms with Crippen molar-refractivity contribution in [3.63, 3.8) is 0 Å². The van der Waals surface area contributed by atoms with Crippen LogP contribution in [0.4, 0.5) is 0 Å². The van der Waals surface area contributed by atoms with Crippen molar-refractivity contribution in [3.05, 3.63) is 12.2 Å². The fourth-order valence-electron chi connectivity index (χ4n) is 0.374. The fourth-order valence-corrected chi connectivity index (χ4v) is 0.374. The first-order chi connectivity index (χ1) is 4.46. The molecule has 0 heterocycles. The number of ketones is 1. The molecule has 0 bridgehead atoms. The summed E-state index contributed by atoms with van der Waals surface area (Å²) in [6.45, 7) is 4.34. The van der Waals surface area contributed by atoms with Gasteiger partial charge in [-0.3, -0.25) is 9.59 Å². The van der Waals surface area contributed by atoms with E-state index in [1.807, 2.05) is 0 Å². The largest absolute Gasteiger partial charge is 0.385 e. The number of amides is 1. The van der Waals surface area contributed by atoms with Gasteiger partial charge in [-0.15, -0.1) is 0 Å². The lowest BCUT2D eigenvalue weighted by Gasteiger charge is -2.01. The molecule has 0 aliphatic heterocycles. The van der Waals surface area contributed by atoms with Crippen molar-refractivity contribution in [2.75, 3.05) is 0 Å². The summed E-state index contributed by atoms with van der Waals surface area (Å²) in [6, 6.07) is 0. The maximum absolute atomic E-state index is 10.6. The summed E-state index contributed by atoms with van der Waals surface area (Å²) in [6.07, 6.45) is -1.21. The van der Waals surface area contributed by atoms with Gasteiger partial charge in [0.25, 0.3) is 5.91 Å². The predicted molar refractivity (Wildman–Crippen MR) is 35.0 cm³/mol. The molecule has 0 saturated heterocycles. The van der Waals surface area contributed by atoms with E-state index in [2.05, 4.69) is 6.58 Å². The van der Waals surface area contributed by atoms with Crippen molar-refractivity contribution in [2.24, 2.45) is 5.73 Å². The monoisotopic (exact) mass is 143 g/mol. The van der Waals surface area contributed by atoms with Crippen LogP contribution in [0.3, 0.4) is 0 Å². The molecule has 0 aliphatic rings. The summed E-state index contributed by atoms with van der Waals surface area (Å²) in [4.78, 5) is 20.9. The molecule has 1 atom stereocenters. The second-order valence-corrected chi connectivity index (χ2v) is 1.88. The second-order valence-electron chi connectivity index (χ2n) is 1.88. The van der Waals surface area contributed by atoms with Crippen LogP contribution in [0.25, 0.3) is 0 Å². The van der Waals surface area contributed by atoms with E-state index in [0.29, 0.717) is 0 Å². The van der Waals surface area contributed by atoms with Crippen LogP contribution in [-0.2, 0) is 9.59 Å². The number of primary amides is 1. The third-order valence-electron chi connectivity index (χ3n) is 0.974. The summed E-state index contributed by atoms with van der Waals surface area (Å²) >= 11 is 0. The van der Waals surface area contributed by atoms with Crippen molar-refractivity contribution in [1.29, 1.82) is 0 Å². The van der Waals surface area contributed by atoms with E-state index >= 15 is 0 Å². The Hall–Kier alpha value is -1.16. The molecule has 0 radical (unpaired) electrons. The number of nitrogens with two attached hydrogens (primary N) is 1. The SMILES string of the molecule is C=C(C(N)=O)C(=O)C(C)O. The highest BCUT2D eigenvalue weighted by molar-refractivity contribution is 6.19. The Morgan fingerprint density at radius 3 is 2.10 bits per heavy atom. The van der Waals surface area contributed by atoms with Crippen LogP contribution < -0.4 is 5.73 Å². The quantitative estimate of drug-likeness (QED) is 0.301. The molecule has 56 valence electrons. The minimum absolute atomic E-state index is 0.366. The van der Waals surface area contributed by atoms with E-state index in [1.165, 1.54) is 6.92 Å². The summed E-state index contributed by atoms with van der Waals surface area (Å²) in [5.74, 6) is -1.63. The van der Waals surface area contributed by atoms with Gasteiger partial charge in [-0.2, -0.15) is 0 Å². The van der Waals surface area contributed by atoms with Gasteiger partial charge in [-0.05, 0) is 6.92 Å². The van der Waals surface area contributed by atoms with Crippen LogP contribution in [0, 0.1) is 0 Å². The van der Waals surface area contributed by atoms with E-state index in [-0.39, 0.29) is 5.57 Å². The first-order valence-corrected chi connectivity index (χ1v) is 2.67. The van der Waals surface area contributed by atoms with Gasteiger partial charge < -0.3 is 10.8 Å². The Balaban J connectivity index is 4.24. The Bertz CT molecular complexity index is 183. The molecule has 0 aromatic rings. The van der Waals surface area contributed by atoms with Gasteiger partial charge in [-0.25, -0.2) is 0 Å². The summed E-state index contributed by atoms with van der Waals surface area (Å²) in [7, 11) is 0. The molecule has 3 N–H and O–H groups in total. The molecular weight excluding hydrogens is 134 g/mol. The van der Waals surface area contributed by atoms with Gasteiger partial charge in [0, 0.05) is 0 Å². The maximum atomic E-state index is 10.6. The molecule has 0 rings (SSSR count). The van der Waals surface area contributed by atoms with Gasteiger partial charge in [-0.1, -0.05) is 6.58 Å². The summed E-state index contributed by atoms with van der Waals surface area (Å²) in [5, 5.41) is 8.62. The molecule has 1 unspecified atom stereocenters. The van der Waals surface area contributed by atoms with Gasteiger partial charge in [0.05, 0.1) is 5.57 Å². The number of hydrogen-bond acceptors (Lipinski definition) is 3. The number of carbonyl (C=O) groups is 2. The lowest BCUT2D eigenvalue weighted by molar-refractivity contribution is -0.125. The average Bonchev–Trinajstić information content (AvgIpc) is 1.84. The summed E-state index contributed by atoms with van der Waals surface area (Å²) < 4.78 is 0. The molecule has 1 amide bonds. The van der Waals surface area contributed by atoms with E-state index in [0.717, 1.165) is 0 Å². The van der Waals surface area contributed by atoms with E-state index in [9.17, 15) is 9.59 Å². The molecule has 0 saturated carbocycles. The minimum atomic E-state index is -1.21. The molecule has 0 aromatic carbocycles. The van der Waals surface area contributed by atoms with Crippen molar-refractivity contribution < 1.29 is 14.7 Å². The lowest BCUT2D eigenvalue weighted by Crippen LogP contribution is -2.26. The lowest BCUT2D eigenvalue weighted by atomic mass is 10.1. The molecule has 4 heteroatoms. The first-order valence-electron chi connectivity index (χ1n) is 2.67. The zero-order valence-corrected chi connectivity index (χ0v) is 5.63. The molecule has 4 nitrogen and oxygen atoms in total. The number of rotatable bonds is 3. The molecule has 0 aliphatic carbocycles. The Kier molecular flexibility index (Phi) is 2.76. The zero-order valence-electron chi connectivity index (χ0n) is 5.63. The van der Waals surface area contributed by atoms with Crippen molar-refractivity contribution >= 4 is 11.7 Å². The van der Waals surface area contributed by atoms with Crippen LogP contribution in [0.5, 0.6) is 0 Å². The highest BCUT2D eigenvalue weighted by Crippen LogP contribution is 1.95. The zero-order chi connectivity index (χ0) is 8.31. The Morgan fingerprint density at radius 1 is 1.60 bits per heavy atom. The molecule has 0 spiro atoms.